The molecule has 0 saturated carbocycles. The molecular formula is C12H18N2O2. The normalized spacial score (nSPS) is 10.1. The second kappa shape index (κ2) is 6.12. The SMILES string of the molecule is CN(C)C(=O)CCNCc1ccccc1O. The monoisotopic (exact) mass is 222 g/mol. The number of nitrogens with one attached hydrogen (secondary N) is 1. The van der Waals surface area contributed by atoms with Crippen LogP contribution in [0, 0.1) is 0 Å². The molecule has 0 fully saturated rings. The quantitative estimate of drug-likeness (QED) is 0.730. The van der Waals surface area contributed by atoms with Crippen molar-refractivity contribution >= 4 is 5.91 Å². The molecule has 1 aromatic carbocycles. The molecule has 0 aliphatic heterocycles. The van der Waals surface area contributed by atoms with Gasteiger partial charge in [0.25, 0.3) is 0 Å². The molecule has 0 spiro atoms. The summed E-state index contributed by atoms with van der Waals surface area (Å²) in [6.45, 7) is 1.19. The first kappa shape index (κ1) is 12.5. The van der Waals surface area contributed by atoms with Gasteiger partial charge in [-0.15, -0.1) is 0 Å². The molecule has 0 unspecified atom stereocenters. The van der Waals surface area contributed by atoms with Gasteiger partial charge in [0.05, 0.1) is 0 Å². The van der Waals surface area contributed by atoms with E-state index in [1.165, 1.54) is 0 Å². The topological polar surface area (TPSA) is 52.6 Å². The van der Waals surface area contributed by atoms with Crippen LogP contribution in [0.3, 0.4) is 0 Å². The summed E-state index contributed by atoms with van der Waals surface area (Å²) in [5, 5.41) is 12.6. The van der Waals surface area contributed by atoms with Crippen LogP contribution in [0.5, 0.6) is 5.75 Å². The first-order chi connectivity index (χ1) is 7.61. The Hall–Kier alpha value is -1.55. The van der Waals surface area contributed by atoms with Crippen molar-refractivity contribution in [1.29, 1.82) is 0 Å². The number of amides is 1. The van der Waals surface area contributed by atoms with E-state index in [1.54, 1.807) is 31.1 Å². The van der Waals surface area contributed by atoms with Crippen molar-refractivity contribution in [2.45, 2.75) is 13.0 Å². The largest absolute Gasteiger partial charge is 0.508 e. The third-order valence-corrected chi connectivity index (χ3v) is 2.32. The fourth-order valence-corrected chi connectivity index (χ4v) is 1.30. The van der Waals surface area contributed by atoms with Crippen molar-refractivity contribution in [3.8, 4) is 5.75 Å². The van der Waals surface area contributed by atoms with Crippen molar-refractivity contribution in [1.82, 2.24) is 10.2 Å². The number of carbonyl (C=O) groups excluding carboxylic acids is 1. The zero-order valence-electron chi connectivity index (χ0n) is 9.73. The number of hydrogen-bond donors (Lipinski definition) is 2. The summed E-state index contributed by atoms with van der Waals surface area (Å²) < 4.78 is 0. The average molecular weight is 222 g/mol. The molecule has 16 heavy (non-hydrogen) atoms. The number of hydrogen-bond acceptors (Lipinski definition) is 3. The maximum Gasteiger partial charge on any atom is 0.223 e. The molecule has 0 saturated heterocycles. The van der Waals surface area contributed by atoms with Crippen molar-refractivity contribution in [2.24, 2.45) is 0 Å². The van der Waals surface area contributed by atoms with Gasteiger partial charge in [0, 0.05) is 39.2 Å². The van der Waals surface area contributed by atoms with Gasteiger partial charge >= 0.3 is 0 Å². The number of carbonyl (C=O) groups is 1. The Labute approximate surface area is 95.9 Å². The van der Waals surface area contributed by atoms with E-state index in [4.69, 9.17) is 0 Å². The zero-order valence-corrected chi connectivity index (χ0v) is 9.73. The lowest BCUT2D eigenvalue weighted by Crippen LogP contribution is -2.26. The van der Waals surface area contributed by atoms with E-state index in [-0.39, 0.29) is 11.7 Å². The molecule has 0 aromatic heterocycles. The van der Waals surface area contributed by atoms with Gasteiger partial charge in [0.2, 0.25) is 5.91 Å². The third kappa shape index (κ3) is 3.90. The smallest absolute Gasteiger partial charge is 0.223 e. The number of benzene rings is 1. The van der Waals surface area contributed by atoms with Crippen LogP contribution < -0.4 is 5.32 Å². The molecule has 2 N–H and O–H groups in total. The second-order valence-electron chi connectivity index (χ2n) is 3.84. The highest BCUT2D eigenvalue weighted by Crippen LogP contribution is 2.14. The van der Waals surface area contributed by atoms with Gasteiger partial charge < -0.3 is 15.3 Å². The first-order valence-electron chi connectivity index (χ1n) is 5.29. The Bertz CT molecular complexity index is 351. The molecule has 0 bridgehead atoms. The molecule has 0 atom stereocenters. The molecule has 1 amide bonds. The van der Waals surface area contributed by atoms with Gasteiger partial charge in [-0.3, -0.25) is 4.79 Å². The van der Waals surface area contributed by atoms with E-state index in [0.717, 1.165) is 5.56 Å². The summed E-state index contributed by atoms with van der Waals surface area (Å²) in [7, 11) is 3.48. The highest BCUT2D eigenvalue weighted by Gasteiger charge is 2.03. The highest BCUT2D eigenvalue weighted by atomic mass is 16.3. The molecule has 1 aromatic rings. The van der Waals surface area contributed by atoms with Crippen LogP contribution in [0.25, 0.3) is 0 Å². The number of phenols is 1. The van der Waals surface area contributed by atoms with E-state index in [1.807, 2.05) is 12.1 Å². The molecule has 0 aliphatic carbocycles. The molecule has 1 rings (SSSR count). The fraction of sp³-hybridized carbons (Fsp3) is 0.417. The van der Waals surface area contributed by atoms with E-state index < -0.39 is 0 Å². The van der Waals surface area contributed by atoms with Crippen LogP contribution in [0.15, 0.2) is 24.3 Å². The lowest BCUT2D eigenvalue weighted by atomic mass is 10.2. The average Bonchev–Trinajstić information content (AvgIpc) is 2.26. The highest BCUT2D eigenvalue weighted by molar-refractivity contribution is 5.75. The van der Waals surface area contributed by atoms with Crippen LogP contribution in [0.1, 0.15) is 12.0 Å². The number of aromatic hydroxyl groups is 1. The summed E-state index contributed by atoms with van der Waals surface area (Å²) >= 11 is 0. The standard InChI is InChI=1S/C12H18N2O2/c1-14(2)12(16)7-8-13-9-10-5-3-4-6-11(10)15/h3-6,13,15H,7-9H2,1-2H3. The molecule has 4 nitrogen and oxygen atoms in total. The van der Waals surface area contributed by atoms with Gasteiger partial charge in [0.1, 0.15) is 5.75 Å². The van der Waals surface area contributed by atoms with E-state index in [9.17, 15) is 9.90 Å². The third-order valence-electron chi connectivity index (χ3n) is 2.32. The minimum absolute atomic E-state index is 0.102. The summed E-state index contributed by atoms with van der Waals surface area (Å²) in [6.07, 6.45) is 0.473. The van der Waals surface area contributed by atoms with Gasteiger partial charge in [-0.05, 0) is 6.07 Å². The van der Waals surface area contributed by atoms with Crippen LogP contribution in [-0.2, 0) is 11.3 Å². The van der Waals surface area contributed by atoms with Crippen LogP contribution in [-0.4, -0.2) is 36.6 Å². The molecule has 0 radical (unpaired) electrons. The zero-order chi connectivity index (χ0) is 12.0. The Morgan fingerprint density at radius 1 is 1.38 bits per heavy atom. The maximum absolute atomic E-state index is 11.3. The van der Waals surface area contributed by atoms with Gasteiger partial charge in [-0.2, -0.15) is 0 Å². The van der Waals surface area contributed by atoms with E-state index >= 15 is 0 Å². The number of para-hydroxylation sites is 1. The summed E-state index contributed by atoms with van der Waals surface area (Å²) in [5.41, 5.74) is 0.847. The second-order valence-corrected chi connectivity index (χ2v) is 3.84. The first-order valence-corrected chi connectivity index (χ1v) is 5.29. The summed E-state index contributed by atoms with van der Waals surface area (Å²) in [6, 6.07) is 7.17. The number of nitrogens with zero attached hydrogens (tertiary/aromatic N) is 1. The molecule has 88 valence electrons. The lowest BCUT2D eigenvalue weighted by molar-refractivity contribution is -0.128. The van der Waals surface area contributed by atoms with Crippen molar-refractivity contribution < 1.29 is 9.90 Å². The lowest BCUT2D eigenvalue weighted by Gasteiger charge is -2.10. The van der Waals surface area contributed by atoms with Crippen molar-refractivity contribution in [3.05, 3.63) is 29.8 Å². The minimum Gasteiger partial charge on any atom is -0.508 e. The molecule has 4 heteroatoms. The van der Waals surface area contributed by atoms with Crippen LogP contribution in [0.4, 0.5) is 0 Å². The van der Waals surface area contributed by atoms with Gasteiger partial charge in [-0.25, -0.2) is 0 Å². The molecule has 0 heterocycles. The van der Waals surface area contributed by atoms with Crippen molar-refractivity contribution in [2.75, 3.05) is 20.6 Å². The number of rotatable bonds is 5. The molecular weight excluding hydrogens is 204 g/mol. The molecule has 0 aliphatic rings. The van der Waals surface area contributed by atoms with Crippen molar-refractivity contribution in [3.63, 3.8) is 0 Å². The summed E-state index contributed by atoms with van der Waals surface area (Å²) in [5.74, 6) is 0.388. The Balaban J connectivity index is 2.26. The predicted octanol–water partition coefficient (Wildman–Crippen LogP) is 0.960. The maximum atomic E-state index is 11.3. The van der Waals surface area contributed by atoms with Crippen LogP contribution >= 0.6 is 0 Å². The van der Waals surface area contributed by atoms with Gasteiger partial charge in [-0.1, -0.05) is 18.2 Å². The fourth-order valence-electron chi connectivity index (χ4n) is 1.30. The van der Waals surface area contributed by atoms with Gasteiger partial charge in [0.15, 0.2) is 0 Å². The van der Waals surface area contributed by atoms with E-state index in [0.29, 0.717) is 19.5 Å². The Kier molecular flexibility index (Phi) is 4.79. The number of phenolic OH excluding ortho intramolecular Hbond substituents is 1. The Morgan fingerprint density at radius 2 is 2.06 bits per heavy atom. The predicted molar refractivity (Wildman–Crippen MR) is 63.1 cm³/mol. The van der Waals surface area contributed by atoms with E-state index in [2.05, 4.69) is 5.32 Å². The summed E-state index contributed by atoms with van der Waals surface area (Å²) in [4.78, 5) is 12.8. The minimum atomic E-state index is 0.102. The van der Waals surface area contributed by atoms with Crippen LogP contribution in [0.2, 0.25) is 0 Å². The Morgan fingerprint density at radius 3 is 2.69 bits per heavy atom.